The predicted molar refractivity (Wildman–Crippen MR) is 76.0 cm³/mol. The molecule has 0 saturated heterocycles. The molecule has 1 saturated carbocycles. The molecule has 19 heavy (non-hydrogen) atoms. The van der Waals surface area contributed by atoms with Gasteiger partial charge in [0.1, 0.15) is 22.5 Å². The highest BCUT2D eigenvalue weighted by atomic mass is 32.2. The molecule has 1 atom stereocenters. The van der Waals surface area contributed by atoms with Gasteiger partial charge < -0.3 is 9.47 Å². The van der Waals surface area contributed by atoms with Crippen LogP contribution in [0, 0.1) is 0 Å². The number of hydrogen-bond acceptors (Lipinski definition) is 3. The topological polar surface area (TPSA) is 47.6 Å². The minimum Gasteiger partial charge on any atom is -0.497 e. The van der Waals surface area contributed by atoms with Gasteiger partial charge in [-0.25, -0.2) is 8.93 Å². The quantitative estimate of drug-likeness (QED) is 0.903. The van der Waals surface area contributed by atoms with Gasteiger partial charge in [-0.2, -0.15) is 0 Å². The second kappa shape index (κ2) is 6.91. The van der Waals surface area contributed by atoms with E-state index in [9.17, 15) is 4.21 Å². The Morgan fingerprint density at radius 3 is 2.53 bits per heavy atom. The van der Waals surface area contributed by atoms with E-state index in [1.807, 2.05) is 0 Å². The Kier molecular flexibility index (Phi) is 5.22. The van der Waals surface area contributed by atoms with Crippen LogP contribution in [-0.2, 0) is 11.0 Å². The van der Waals surface area contributed by atoms with E-state index >= 15 is 0 Å². The Hall–Kier alpha value is -1.07. The molecule has 4 nitrogen and oxygen atoms in total. The zero-order valence-electron chi connectivity index (χ0n) is 11.5. The molecule has 5 heteroatoms. The molecule has 0 aliphatic heterocycles. The van der Waals surface area contributed by atoms with Gasteiger partial charge in [0.2, 0.25) is 0 Å². The molecule has 1 aliphatic rings. The minimum absolute atomic E-state index is 0.349. The smallest absolute Gasteiger partial charge is 0.140 e. The second-order valence-electron chi connectivity index (χ2n) is 4.74. The molecule has 0 bridgehead atoms. The van der Waals surface area contributed by atoms with Crippen molar-refractivity contribution >= 4 is 11.0 Å². The number of nitrogens with one attached hydrogen (secondary N) is 1. The Balaban J connectivity index is 2.09. The lowest BCUT2D eigenvalue weighted by Crippen LogP contribution is -2.32. The highest BCUT2D eigenvalue weighted by Gasteiger charge is 2.18. The molecule has 0 unspecified atom stereocenters. The zero-order chi connectivity index (χ0) is 13.7. The van der Waals surface area contributed by atoms with Crippen molar-refractivity contribution in [1.29, 1.82) is 0 Å². The molecule has 1 aliphatic carbocycles. The van der Waals surface area contributed by atoms with Crippen molar-refractivity contribution in [2.75, 3.05) is 14.2 Å². The van der Waals surface area contributed by atoms with Crippen molar-refractivity contribution in [3.8, 4) is 11.5 Å². The van der Waals surface area contributed by atoms with E-state index in [0.717, 1.165) is 12.8 Å². The minimum atomic E-state index is -1.23. The lowest BCUT2D eigenvalue weighted by atomic mass is 9.96. The van der Waals surface area contributed by atoms with E-state index in [0.29, 0.717) is 22.4 Å². The summed E-state index contributed by atoms with van der Waals surface area (Å²) in [5, 5.41) is 0. The monoisotopic (exact) mass is 283 g/mol. The maximum absolute atomic E-state index is 12.4. The Labute approximate surface area is 117 Å². The van der Waals surface area contributed by atoms with Gasteiger partial charge in [0, 0.05) is 12.1 Å². The van der Waals surface area contributed by atoms with E-state index in [1.54, 1.807) is 32.4 Å². The molecule has 2 rings (SSSR count). The average molecular weight is 283 g/mol. The number of hydrogen-bond donors (Lipinski definition) is 1. The summed E-state index contributed by atoms with van der Waals surface area (Å²) in [6, 6.07) is 5.71. The molecule has 1 fully saturated rings. The van der Waals surface area contributed by atoms with Gasteiger partial charge in [-0.15, -0.1) is 0 Å². The van der Waals surface area contributed by atoms with Crippen LogP contribution in [0.1, 0.15) is 32.1 Å². The summed E-state index contributed by atoms with van der Waals surface area (Å²) in [5.74, 6) is 1.30. The normalized spacial score (nSPS) is 18.0. The molecule has 0 heterocycles. The SMILES string of the molecule is COc1ccc([S@@](=O)NC2CCCCC2)c(OC)c1. The van der Waals surface area contributed by atoms with Crippen LogP contribution in [0.2, 0.25) is 0 Å². The van der Waals surface area contributed by atoms with Crippen LogP contribution in [0.5, 0.6) is 11.5 Å². The first kappa shape index (κ1) is 14.3. The number of ether oxygens (including phenoxy) is 2. The number of methoxy groups -OCH3 is 2. The van der Waals surface area contributed by atoms with Gasteiger partial charge in [-0.3, -0.25) is 0 Å². The third kappa shape index (κ3) is 3.70. The highest BCUT2D eigenvalue weighted by Crippen LogP contribution is 2.27. The maximum Gasteiger partial charge on any atom is 0.140 e. The zero-order valence-corrected chi connectivity index (χ0v) is 12.3. The standard InChI is InChI=1S/C14H21NO3S/c1-17-12-8-9-14(13(10-12)18-2)19(16)15-11-6-4-3-5-7-11/h8-11,15H,3-7H2,1-2H3/t19-/m1/s1. The third-order valence-electron chi connectivity index (χ3n) is 3.45. The molecule has 106 valence electrons. The van der Waals surface area contributed by atoms with Crippen LogP contribution in [0.25, 0.3) is 0 Å². The lowest BCUT2D eigenvalue weighted by Gasteiger charge is -2.22. The molecule has 0 amide bonds. The molecule has 0 aromatic heterocycles. The summed E-state index contributed by atoms with van der Waals surface area (Å²) in [5.41, 5.74) is 0. The van der Waals surface area contributed by atoms with Crippen LogP contribution in [0.15, 0.2) is 23.1 Å². The highest BCUT2D eigenvalue weighted by molar-refractivity contribution is 7.83. The summed E-state index contributed by atoms with van der Waals surface area (Å²) in [6.45, 7) is 0. The van der Waals surface area contributed by atoms with E-state index in [-0.39, 0.29) is 0 Å². The largest absolute Gasteiger partial charge is 0.497 e. The van der Waals surface area contributed by atoms with Crippen molar-refractivity contribution in [3.05, 3.63) is 18.2 Å². The van der Waals surface area contributed by atoms with E-state index in [4.69, 9.17) is 9.47 Å². The Morgan fingerprint density at radius 1 is 1.16 bits per heavy atom. The Morgan fingerprint density at radius 2 is 1.89 bits per heavy atom. The first-order valence-electron chi connectivity index (χ1n) is 6.64. The van der Waals surface area contributed by atoms with Crippen LogP contribution < -0.4 is 14.2 Å². The fourth-order valence-corrected chi connectivity index (χ4v) is 3.55. The molecule has 0 spiro atoms. The molecule has 0 radical (unpaired) electrons. The van der Waals surface area contributed by atoms with Gasteiger partial charge >= 0.3 is 0 Å². The number of benzene rings is 1. The second-order valence-corrected chi connectivity index (χ2v) is 5.95. The van der Waals surface area contributed by atoms with Crippen molar-refractivity contribution < 1.29 is 13.7 Å². The van der Waals surface area contributed by atoms with Gasteiger partial charge in [0.25, 0.3) is 0 Å². The van der Waals surface area contributed by atoms with Gasteiger partial charge in [-0.1, -0.05) is 19.3 Å². The maximum atomic E-state index is 12.4. The number of rotatable bonds is 5. The van der Waals surface area contributed by atoms with E-state index < -0.39 is 11.0 Å². The summed E-state index contributed by atoms with van der Waals surface area (Å²) < 4.78 is 26.0. The van der Waals surface area contributed by atoms with Crippen LogP contribution >= 0.6 is 0 Å². The average Bonchev–Trinajstić information content (AvgIpc) is 2.47. The van der Waals surface area contributed by atoms with Gasteiger partial charge in [0.05, 0.1) is 19.1 Å². The van der Waals surface area contributed by atoms with Crippen molar-refractivity contribution in [3.63, 3.8) is 0 Å². The van der Waals surface area contributed by atoms with Gasteiger partial charge in [-0.05, 0) is 25.0 Å². The van der Waals surface area contributed by atoms with Crippen molar-refractivity contribution in [2.24, 2.45) is 0 Å². The molecule has 1 N–H and O–H groups in total. The molecular weight excluding hydrogens is 262 g/mol. The van der Waals surface area contributed by atoms with Gasteiger partial charge in [0.15, 0.2) is 0 Å². The van der Waals surface area contributed by atoms with E-state index in [2.05, 4.69) is 4.72 Å². The molecular formula is C14H21NO3S. The van der Waals surface area contributed by atoms with Crippen molar-refractivity contribution in [1.82, 2.24) is 4.72 Å². The Bertz CT molecular complexity index is 444. The van der Waals surface area contributed by atoms with E-state index in [1.165, 1.54) is 19.3 Å². The predicted octanol–water partition coefficient (Wildman–Crippen LogP) is 2.65. The van der Waals surface area contributed by atoms with Crippen LogP contribution in [0.3, 0.4) is 0 Å². The summed E-state index contributed by atoms with van der Waals surface area (Å²) in [4.78, 5) is 0.675. The first-order chi connectivity index (χ1) is 9.24. The molecule has 1 aromatic carbocycles. The van der Waals surface area contributed by atoms with Crippen LogP contribution in [-0.4, -0.2) is 24.5 Å². The fourth-order valence-electron chi connectivity index (χ4n) is 2.36. The fraction of sp³-hybridized carbons (Fsp3) is 0.571. The first-order valence-corrected chi connectivity index (χ1v) is 7.79. The lowest BCUT2D eigenvalue weighted by molar-refractivity contribution is 0.386. The summed E-state index contributed by atoms with van der Waals surface area (Å²) in [6.07, 6.45) is 5.92. The van der Waals surface area contributed by atoms with Crippen LogP contribution in [0.4, 0.5) is 0 Å². The summed E-state index contributed by atoms with van der Waals surface area (Å²) in [7, 11) is 1.95. The third-order valence-corrected chi connectivity index (χ3v) is 4.73. The van der Waals surface area contributed by atoms with Crippen molar-refractivity contribution in [2.45, 2.75) is 43.0 Å². The molecule has 1 aromatic rings. The summed E-state index contributed by atoms with van der Waals surface area (Å²) >= 11 is 0.